The van der Waals surface area contributed by atoms with Crippen molar-refractivity contribution in [2.75, 3.05) is 19.6 Å². The van der Waals surface area contributed by atoms with E-state index in [0.29, 0.717) is 19.5 Å². The molecule has 0 saturated carbocycles. The summed E-state index contributed by atoms with van der Waals surface area (Å²) in [6.45, 7) is 7.87. The summed E-state index contributed by atoms with van der Waals surface area (Å²) in [5.41, 5.74) is -0.835. The van der Waals surface area contributed by atoms with E-state index < -0.39 is 11.6 Å². The predicted octanol–water partition coefficient (Wildman–Crippen LogP) is 0.720. The molecule has 0 aromatic heterocycles. The van der Waals surface area contributed by atoms with E-state index >= 15 is 0 Å². The summed E-state index contributed by atoms with van der Waals surface area (Å²) >= 11 is 0. The first-order valence-corrected chi connectivity index (χ1v) is 4.68. The maximum Gasteiger partial charge on any atom is 0.317 e. The minimum atomic E-state index is -0.890. The van der Waals surface area contributed by atoms with Crippen LogP contribution in [0.4, 0.5) is 0 Å². The molecule has 4 nitrogen and oxygen atoms in total. The summed E-state index contributed by atoms with van der Waals surface area (Å²) in [6.07, 6.45) is 2.23. The number of rotatable bonds is 7. The molecule has 1 unspecified atom stereocenters. The molecule has 0 aliphatic rings. The lowest BCUT2D eigenvalue weighted by Crippen LogP contribution is -2.42. The molecule has 0 amide bonds. The van der Waals surface area contributed by atoms with E-state index in [1.807, 2.05) is 6.92 Å². The molecule has 0 aromatic carbocycles. The largest absolute Gasteiger partial charge is 0.480 e. The molecule has 1 atom stereocenters. The molecule has 0 spiro atoms. The Morgan fingerprint density at radius 3 is 2.57 bits per heavy atom. The highest BCUT2D eigenvalue weighted by Crippen LogP contribution is 2.10. The Kier molecular flexibility index (Phi) is 5.42. The average molecular weight is 201 g/mol. The van der Waals surface area contributed by atoms with Crippen molar-refractivity contribution in [3.8, 4) is 0 Å². The van der Waals surface area contributed by atoms with Crippen LogP contribution in [0.2, 0.25) is 0 Å². The van der Waals surface area contributed by atoms with Gasteiger partial charge in [-0.25, -0.2) is 0 Å². The van der Waals surface area contributed by atoms with Crippen LogP contribution in [0.3, 0.4) is 0 Å². The maximum atomic E-state index is 10.5. The second-order valence-electron chi connectivity index (χ2n) is 3.70. The van der Waals surface area contributed by atoms with Crippen LogP contribution in [-0.4, -0.2) is 46.3 Å². The van der Waals surface area contributed by atoms with Crippen LogP contribution >= 0.6 is 0 Å². The fourth-order valence-electron chi connectivity index (χ4n) is 1.15. The fraction of sp³-hybridized carbons (Fsp3) is 0.700. The zero-order chi connectivity index (χ0) is 11.2. The van der Waals surface area contributed by atoms with E-state index in [9.17, 15) is 9.90 Å². The number of nitrogens with zero attached hydrogens (tertiary/aromatic N) is 1. The molecule has 4 heteroatoms. The third-order valence-corrected chi connectivity index (χ3v) is 2.07. The minimum absolute atomic E-state index is 0.0673. The molecule has 2 N–H and O–H groups in total. The van der Waals surface area contributed by atoms with Crippen LogP contribution in [-0.2, 0) is 4.79 Å². The average Bonchev–Trinajstić information content (AvgIpc) is 2.03. The Morgan fingerprint density at radius 1 is 1.64 bits per heavy atom. The van der Waals surface area contributed by atoms with Gasteiger partial charge in [-0.3, -0.25) is 9.69 Å². The zero-order valence-electron chi connectivity index (χ0n) is 8.86. The van der Waals surface area contributed by atoms with Crippen LogP contribution in [0, 0.1) is 0 Å². The van der Waals surface area contributed by atoms with E-state index in [-0.39, 0.29) is 6.54 Å². The smallest absolute Gasteiger partial charge is 0.317 e. The standard InChI is InChI=1S/C10H19NO3/c1-4-6-11(7-9(12)13)8-10(3,14)5-2/h4,14H,1,5-8H2,2-3H3,(H,12,13). The van der Waals surface area contributed by atoms with Crippen molar-refractivity contribution in [3.63, 3.8) is 0 Å². The second-order valence-corrected chi connectivity index (χ2v) is 3.70. The van der Waals surface area contributed by atoms with Crippen LogP contribution in [0.5, 0.6) is 0 Å². The van der Waals surface area contributed by atoms with Gasteiger partial charge in [-0.1, -0.05) is 13.0 Å². The number of aliphatic hydroxyl groups is 1. The van der Waals surface area contributed by atoms with Crippen molar-refractivity contribution in [2.45, 2.75) is 25.9 Å². The highest BCUT2D eigenvalue weighted by molar-refractivity contribution is 5.69. The highest BCUT2D eigenvalue weighted by atomic mass is 16.4. The number of hydrogen-bond acceptors (Lipinski definition) is 3. The lowest BCUT2D eigenvalue weighted by atomic mass is 10.0. The van der Waals surface area contributed by atoms with E-state index in [0.717, 1.165) is 0 Å². The molecule has 0 aliphatic heterocycles. The van der Waals surface area contributed by atoms with E-state index in [1.54, 1.807) is 17.9 Å². The van der Waals surface area contributed by atoms with Gasteiger partial charge in [0.05, 0.1) is 12.1 Å². The first-order valence-electron chi connectivity index (χ1n) is 4.68. The Hall–Kier alpha value is -0.870. The van der Waals surface area contributed by atoms with Gasteiger partial charge in [0.15, 0.2) is 0 Å². The number of carbonyl (C=O) groups is 1. The molecule has 0 heterocycles. The van der Waals surface area contributed by atoms with Crippen molar-refractivity contribution in [2.24, 2.45) is 0 Å². The summed E-state index contributed by atoms with van der Waals surface area (Å²) in [6, 6.07) is 0. The summed E-state index contributed by atoms with van der Waals surface area (Å²) in [4.78, 5) is 12.2. The monoisotopic (exact) mass is 201 g/mol. The fourth-order valence-corrected chi connectivity index (χ4v) is 1.15. The Bertz CT molecular complexity index is 202. The maximum absolute atomic E-state index is 10.5. The lowest BCUT2D eigenvalue weighted by molar-refractivity contribution is -0.138. The van der Waals surface area contributed by atoms with Gasteiger partial charge in [0.1, 0.15) is 0 Å². The summed E-state index contributed by atoms with van der Waals surface area (Å²) in [7, 11) is 0. The zero-order valence-corrected chi connectivity index (χ0v) is 8.86. The quantitative estimate of drug-likeness (QED) is 0.596. The van der Waals surface area contributed by atoms with Crippen LogP contribution in [0.1, 0.15) is 20.3 Å². The van der Waals surface area contributed by atoms with Gasteiger partial charge in [-0.2, -0.15) is 0 Å². The highest BCUT2D eigenvalue weighted by Gasteiger charge is 2.22. The van der Waals surface area contributed by atoms with Crippen molar-refractivity contribution in [1.29, 1.82) is 0 Å². The topological polar surface area (TPSA) is 60.8 Å². The molecule has 82 valence electrons. The molecule has 0 rings (SSSR count). The minimum Gasteiger partial charge on any atom is -0.480 e. The second kappa shape index (κ2) is 5.78. The summed E-state index contributed by atoms with van der Waals surface area (Å²) in [5, 5.41) is 18.4. The SMILES string of the molecule is C=CCN(CC(=O)O)CC(C)(O)CC. The van der Waals surface area contributed by atoms with Gasteiger partial charge in [-0.15, -0.1) is 6.58 Å². The molecule has 0 saturated heterocycles. The van der Waals surface area contributed by atoms with Gasteiger partial charge in [0, 0.05) is 13.1 Å². The Balaban J connectivity index is 4.21. The number of aliphatic carboxylic acids is 1. The molecule has 0 aliphatic carbocycles. The number of carboxylic acids is 1. The summed E-state index contributed by atoms with van der Waals surface area (Å²) in [5.74, 6) is -0.890. The van der Waals surface area contributed by atoms with Crippen LogP contribution in [0.25, 0.3) is 0 Å². The Labute approximate surface area is 84.8 Å². The van der Waals surface area contributed by atoms with E-state index in [1.165, 1.54) is 0 Å². The van der Waals surface area contributed by atoms with Crippen LogP contribution < -0.4 is 0 Å². The predicted molar refractivity (Wildman–Crippen MR) is 55.2 cm³/mol. The molecule has 0 aromatic rings. The van der Waals surface area contributed by atoms with Gasteiger partial charge in [-0.05, 0) is 13.3 Å². The number of carboxylic acid groups (broad SMARTS) is 1. The third kappa shape index (κ3) is 5.72. The van der Waals surface area contributed by atoms with Gasteiger partial charge < -0.3 is 10.2 Å². The molecule has 14 heavy (non-hydrogen) atoms. The van der Waals surface area contributed by atoms with Gasteiger partial charge in [0.2, 0.25) is 0 Å². The van der Waals surface area contributed by atoms with Gasteiger partial charge >= 0.3 is 5.97 Å². The molecular weight excluding hydrogens is 182 g/mol. The molecule has 0 bridgehead atoms. The molecule has 0 fully saturated rings. The van der Waals surface area contributed by atoms with Crippen molar-refractivity contribution < 1.29 is 15.0 Å². The Morgan fingerprint density at radius 2 is 2.21 bits per heavy atom. The lowest BCUT2D eigenvalue weighted by Gasteiger charge is -2.28. The molecule has 0 radical (unpaired) electrons. The number of hydrogen-bond donors (Lipinski definition) is 2. The first kappa shape index (κ1) is 13.1. The van der Waals surface area contributed by atoms with Crippen molar-refractivity contribution in [3.05, 3.63) is 12.7 Å². The molecular formula is C10H19NO3. The third-order valence-electron chi connectivity index (χ3n) is 2.07. The van der Waals surface area contributed by atoms with Crippen molar-refractivity contribution in [1.82, 2.24) is 4.90 Å². The summed E-state index contributed by atoms with van der Waals surface area (Å²) < 4.78 is 0. The van der Waals surface area contributed by atoms with E-state index in [2.05, 4.69) is 6.58 Å². The first-order chi connectivity index (χ1) is 6.41. The normalized spacial score (nSPS) is 15.1. The van der Waals surface area contributed by atoms with Crippen molar-refractivity contribution >= 4 is 5.97 Å². The van der Waals surface area contributed by atoms with Gasteiger partial charge in [0.25, 0.3) is 0 Å². The van der Waals surface area contributed by atoms with E-state index in [4.69, 9.17) is 5.11 Å². The van der Waals surface area contributed by atoms with Crippen LogP contribution in [0.15, 0.2) is 12.7 Å².